The van der Waals surface area contributed by atoms with Crippen molar-refractivity contribution in [2.24, 2.45) is 0 Å². The van der Waals surface area contributed by atoms with Crippen molar-refractivity contribution in [3.8, 4) is 0 Å². The van der Waals surface area contributed by atoms with E-state index in [4.69, 9.17) is 11.6 Å². The lowest BCUT2D eigenvalue weighted by Crippen LogP contribution is -2.21. The summed E-state index contributed by atoms with van der Waals surface area (Å²) in [5.74, 6) is 0.627. The summed E-state index contributed by atoms with van der Waals surface area (Å²) in [5.41, 5.74) is 0.594. The number of anilines is 1. The summed E-state index contributed by atoms with van der Waals surface area (Å²) in [6.45, 7) is 3.72. The van der Waals surface area contributed by atoms with Gasteiger partial charge in [0.25, 0.3) is 0 Å². The number of H-pyrrole nitrogens is 1. The Morgan fingerprint density at radius 1 is 1.47 bits per heavy atom. The molecule has 0 aliphatic heterocycles. The Morgan fingerprint density at radius 3 is 2.94 bits per heavy atom. The monoisotopic (exact) mass is 255 g/mol. The van der Waals surface area contributed by atoms with Gasteiger partial charge in [-0.2, -0.15) is 15.1 Å². The van der Waals surface area contributed by atoms with Crippen molar-refractivity contribution in [2.45, 2.75) is 32.4 Å². The molecule has 3 N–H and O–H groups in total. The second-order valence-electron chi connectivity index (χ2n) is 4.10. The summed E-state index contributed by atoms with van der Waals surface area (Å²) in [5, 5.41) is 20.1. The first-order valence-electron chi connectivity index (χ1n) is 5.37. The highest BCUT2D eigenvalue weighted by atomic mass is 35.5. The minimum Gasteiger partial charge on any atom is -0.393 e. The van der Waals surface area contributed by atoms with E-state index in [1.165, 1.54) is 0 Å². The molecule has 2 aromatic rings. The van der Waals surface area contributed by atoms with Crippen LogP contribution in [0.2, 0.25) is 5.28 Å². The zero-order valence-electron chi connectivity index (χ0n) is 9.61. The first-order valence-corrected chi connectivity index (χ1v) is 5.75. The van der Waals surface area contributed by atoms with E-state index >= 15 is 0 Å². The van der Waals surface area contributed by atoms with E-state index in [-0.39, 0.29) is 17.4 Å². The Morgan fingerprint density at radius 2 is 2.24 bits per heavy atom. The van der Waals surface area contributed by atoms with Crippen molar-refractivity contribution in [1.29, 1.82) is 0 Å². The normalized spacial score (nSPS) is 14.8. The summed E-state index contributed by atoms with van der Waals surface area (Å²) in [4.78, 5) is 8.13. The van der Waals surface area contributed by atoms with Gasteiger partial charge in [0, 0.05) is 6.04 Å². The topological polar surface area (TPSA) is 86.7 Å². The lowest BCUT2D eigenvalue weighted by Gasteiger charge is -2.16. The molecule has 2 atom stereocenters. The van der Waals surface area contributed by atoms with Crippen LogP contribution >= 0.6 is 11.6 Å². The van der Waals surface area contributed by atoms with Crippen molar-refractivity contribution >= 4 is 28.5 Å². The standard InChI is InChI=1S/C10H14ClN5O/c1-5(3-6(2)17)13-8-7-4-12-16-9(7)15-10(11)14-8/h4-6,17H,3H2,1-2H3,(H2,12,13,14,15,16). The number of hydrogen-bond acceptors (Lipinski definition) is 5. The molecule has 0 aromatic carbocycles. The molecule has 2 rings (SSSR count). The molecule has 2 heterocycles. The Labute approximate surface area is 103 Å². The SMILES string of the molecule is CC(O)CC(C)Nc1nc(Cl)nc2[nH]ncc12. The van der Waals surface area contributed by atoms with Crippen LogP contribution in [0.15, 0.2) is 6.20 Å². The van der Waals surface area contributed by atoms with Gasteiger partial charge in [0.05, 0.1) is 17.7 Å². The second kappa shape index (κ2) is 4.85. The quantitative estimate of drug-likeness (QED) is 0.722. The van der Waals surface area contributed by atoms with Crippen molar-refractivity contribution in [1.82, 2.24) is 20.2 Å². The molecule has 0 saturated heterocycles. The zero-order valence-corrected chi connectivity index (χ0v) is 10.4. The number of fused-ring (bicyclic) bond motifs is 1. The van der Waals surface area contributed by atoms with E-state index in [9.17, 15) is 5.11 Å². The van der Waals surface area contributed by atoms with Gasteiger partial charge in [-0.25, -0.2) is 0 Å². The maximum Gasteiger partial charge on any atom is 0.226 e. The lowest BCUT2D eigenvalue weighted by atomic mass is 10.1. The lowest BCUT2D eigenvalue weighted by molar-refractivity contribution is 0.179. The third-order valence-corrected chi connectivity index (χ3v) is 2.53. The van der Waals surface area contributed by atoms with Gasteiger partial charge in [-0.15, -0.1) is 0 Å². The van der Waals surface area contributed by atoms with Crippen LogP contribution in [0.3, 0.4) is 0 Å². The third-order valence-electron chi connectivity index (χ3n) is 2.36. The van der Waals surface area contributed by atoms with Crippen LogP contribution in [0.25, 0.3) is 11.0 Å². The molecule has 6 nitrogen and oxygen atoms in total. The average molecular weight is 256 g/mol. The van der Waals surface area contributed by atoms with Crippen molar-refractivity contribution in [3.05, 3.63) is 11.5 Å². The van der Waals surface area contributed by atoms with Gasteiger partial charge < -0.3 is 10.4 Å². The van der Waals surface area contributed by atoms with Crippen LogP contribution in [0, 0.1) is 0 Å². The molecular weight excluding hydrogens is 242 g/mol. The van der Waals surface area contributed by atoms with E-state index in [2.05, 4.69) is 25.5 Å². The molecule has 0 bridgehead atoms. The predicted octanol–water partition coefficient (Wildman–Crippen LogP) is 1.58. The maximum absolute atomic E-state index is 9.31. The fourth-order valence-corrected chi connectivity index (χ4v) is 1.89. The summed E-state index contributed by atoms with van der Waals surface area (Å²) in [6.07, 6.45) is 1.90. The van der Waals surface area contributed by atoms with E-state index in [1.807, 2.05) is 6.92 Å². The highest BCUT2D eigenvalue weighted by Crippen LogP contribution is 2.21. The van der Waals surface area contributed by atoms with Crippen molar-refractivity contribution < 1.29 is 5.11 Å². The molecule has 92 valence electrons. The highest BCUT2D eigenvalue weighted by molar-refractivity contribution is 6.28. The molecule has 0 spiro atoms. The van der Waals surface area contributed by atoms with E-state index in [1.54, 1.807) is 13.1 Å². The number of hydrogen-bond donors (Lipinski definition) is 3. The Kier molecular flexibility index (Phi) is 3.44. The van der Waals surface area contributed by atoms with E-state index < -0.39 is 0 Å². The van der Waals surface area contributed by atoms with Crippen LogP contribution in [0.4, 0.5) is 5.82 Å². The summed E-state index contributed by atoms with van der Waals surface area (Å²) in [6, 6.07) is 0.0825. The molecule has 0 fully saturated rings. The van der Waals surface area contributed by atoms with Crippen molar-refractivity contribution in [3.63, 3.8) is 0 Å². The summed E-state index contributed by atoms with van der Waals surface area (Å²) in [7, 11) is 0. The summed E-state index contributed by atoms with van der Waals surface area (Å²) >= 11 is 5.81. The molecule has 0 amide bonds. The molecule has 17 heavy (non-hydrogen) atoms. The molecule has 2 unspecified atom stereocenters. The Hall–Kier alpha value is -1.40. The largest absolute Gasteiger partial charge is 0.393 e. The first kappa shape index (κ1) is 12.1. The van der Waals surface area contributed by atoms with Gasteiger partial charge in [0.15, 0.2) is 5.65 Å². The average Bonchev–Trinajstić information content (AvgIpc) is 2.63. The number of rotatable bonds is 4. The number of nitrogens with zero attached hydrogens (tertiary/aromatic N) is 3. The maximum atomic E-state index is 9.31. The number of aromatic nitrogens is 4. The molecule has 7 heteroatoms. The Balaban J connectivity index is 2.25. The Bertz CT molecular complexity index is 512. The fraction of sp³-hybridized carbons (Fsp3) is 0.500. The van der Waals surface area contributed by atoms with Crippen LogP contribution in [0.5, 0.6) is 0 Å². The number of aliphatic hydroxyl groups is 1. The van der Waals surface area contributed by atoms with Crippen LogP contribution in [-0.4, -0.2) is 37.4 Å². The van der Waals surface area contributed by atoms with E-state index in [0.29, 0.717) is 17.9 Å². The molecular formula is C10H14ClN5O. The number of halogens is 1. The van der Waals surface area contributed by atoms with Crippen LogP contribution < -0.4 is 5.32 Å². The van der Waals surface area contributed by atoms with Gasteiger partial charge in [-0.1, -0.05) is 0 Å². The van der Waals surface area contributed by atoms with Crippen LogP contribution in [-0.2, 0) is 0 Å². The predicted molar refractivity (Wildman–Crippen MR) is 66.1 cm³/mol. The first-order chi connectivity index (χ1) is 8.06. The van der Waals surface area contributed by atoms with Gasteiger partial charge in [-0.3, -0.25) is 5.10 Å². The summed E-state index contributed by atoms with van der Waals surface area (Å²) < 4.78 is 0. The molecule has 0 saturated carbocycles. The number of nitrogens with one attached hydrogen (secondary N) is 2. The smallest absolute Gasteiger partial charge is 0.226 e. The third kappa shape index (κ3) is 2.83. The number of aliphatic hydroxyl groups excluding tert-OH is 1. The highest BCUT2D eigenvalue weighted by Gasteiger charge is 2.12. The fourth-order valence-electron chi connectivity index (χ4n) is 1.72. The molecule has 2 aromatic heterocycles. The van der Waals surface area contributed by atoms with Gasteiger partial charge in [0.1, 0.15) is 5.82 Å². The minimum absolute atomic E-state index is 0.0825. The van der Waals surface area contributed by atoms with Crippen LogP contribution in [0.1, 0.15) is 20.3 Å². The minimum atomic E-state index is -0.366. The van der Waals surface area contributed by atoms with Crippen molar-refractivity contribution in [2.75, 3.05) is 5.32 Å². The zero-order chi connectivity index (χ0) is 12.4. The van der Waals surface area contributed by atoms with E-state index in [0.717, 1.165) is 5.39 Å². The molecule has 0 radical (unpaired) electrons. The van der Waals surface area contributed by atoms with Gasteiger partial charge in [-0.05, 0) is 31.9 Å². The van der Waals surface area contributed by atoms with Gasteiger partial charge >= 0.3 is 0 Å². The second-order valence-corrected chi connectivity index (χ2v) is 4.44. The number of aromatic amines is 1. The molecule has 0 aliphatic rings. The molecule has 0 aliphatic carbocycles. The van der Waals surface area contributed by atoms with Gasteiger partial charge in [0.2, 0.25) is 5.28 Å².